The van der Waals surface area contributed by atoms with Crippen LogP contribution in [0.25, 0.3) is 0 Å². The molecule has 2 aromatic heterocycles. The zero-order valence-electron chi connectivity index (χ0n) is 11.1. The number of aromatic nitrogens is 4. The molecule has 0 saturated carbocycles. The van der Waals surface area contributed by atoms with Crippen LogP contribution in [0.4, 0.5) is 5.82 Å². The number of hydrogen-bond acceptors (Lipinski definition) is 5. The molecule has 0 atom stereocenters. The topological polar surface area (TPSA) is 72.7 Å². The summed E-state index contributed by atoms with van der Waals surface area (Å²) in [6.45, 7) is 5.20. The lowest BCUT2D eigenvalue weighted by atomic mass is 10.4. The number of nitrogens with one attached hydrogen (secondary N) is 1. The van der Waals surface area contributed by atoms with Gasteiger partial charge in [0.2, 0.25) is 0 Å². The van der Waals surface area contributed by atoms with Crippen molar-refractivity contribution in [2.24, 2.45) is 0 Å². The Labute approximate surface area is 111 Å². The molecule has 0 fully saturated rings. The highest BCUT2D eigenvalue weighted by Gasteiger charge is 2.04. The van der Waals surface area contributed by atoms with Gasteiger partial charge in [-0.25, -0.2) is 15.0 Å². The van der Waals surface area contributed by atoms with E-state index in [0.717, 1.165) is 24.5 Å². The summed E-state index contributed by atoms with van der Waals surface area (Å²) >= 11 is 0. The third-order valence-electron chi connectivity index (χ3n) is 2.56. The highest BCUT2D eigenvalue weighted by atomic mass is 16.1. The van der Waals surface area contributed by atoms with E-state index >= 15 is 0 Å². The van der Waals surface area contributed by atoms with E-state index in [9.17, 15) is 4.79 Å². The van der Waals surface area contributed by atoms with Crippen molar-refractivity contribution in [2.75, 3.05) is 11.9 Å². The fourth-order valence-corrected chi connectivity index (χ4v) is 1.69. The molecule has 0 aliphatic rings. The molecule has 2 heterocycles. The molecule has 0 unspecified atom stereocenters. The maximum absolute atomic E-state index is 11.6. The van der Waals surface area contributed by atoms with Crippen molar-refractivity contribution in [3.63, 3.8) is 0 Å². The van der Waals surface area contributed by atoms with Crippen molar-refractivity contribution < 1.29 is 0 Å². The molecule has 6 nitrogen and oxygen atoms in total. The van der Waals surface area contributed by atoms with Crippen LogP contribution in [0.15, 0.2) is 29.5 Å². The third-order valence-corrected chi connectivity index (χ3v) is 2.56. The minimum Gasteiger partial charge on any atom is -0.370 e. The predicted molar refractivity (Wildman–Crippen MR) is 73.1 cm³/mol. The molecular formula is C13H17N5O. The maximum atomic E-state index is 11.6. The molecule has 0 aliphatic carbocycles. The van der Waals surface area contributed by atoms with Crippen LogP contribution in [0.1, 0.15) is 24.9 Å². The fourth-order valence-electron chi connectivity index (χ4n) is 1.69. The molecule has 2 rings (SSSR count). The minimum absolute atomic E-state index is 0.108. The summed E-state index contributed by atoms with van der Waals surface area (Å²) in [6, 6.07) is 3.32. The molecule has 19 heavy (non-hydrogen) atoms. The predicted octanol–water partition coefficient (Wildman–Crippen LogP) is 1.21. The first-order valence-corrected chi connectivity index (χ1v) is 6.28. The first kappa shape index (κ1) is 13.2. The van der Waals surface area contributed by atoms with Crippen LogP contribution in [-0.4, -0.2) is 26.1 Å². The lowest BCUT2D eigenvalue weighted by Gasteiger charge is -2.08. The standard InChI is InChI=1S/C13H17N5O/c1-3-5-15-11-7-10(2)16-12(17-11)8-18-9-14-6-4-13(18)19/h4,6-7,9H,3,5,8H2,1-2H3,(H,15,16,17). The zero-order valence-corrected chi connectivity index (χ0v) is 11.1. The lowest BCUT2D eigenvalue weighted by molar-refractivity contribution is 0.694. The minimum atomic E-state index is -0.108. The Balaban J connectivity index is 2.23. The Hall–Kier alpha value is -2.24. The molecule has 6 heteroatoms. The molecule has 0 saturated heterocycles. The fraction of sp³-hybridized carbons (Fsp3) is 0.385. The van der Waals surface area contributed by atoms with E-state index in [-0.39, 0.29) is 5.56 Å². The normalized spacial score (nSPS) is 10.4. The van der Waals surface area contributed by atoms with Gasteiger partial charge >= 0.3 is 0 Å². The zero-order chi connectivity index (χ0) is 13.7. The van der Waals surface area contributed by atoms with Crippen molar-refractivity contribution in [3.05, 3.63) is 46.5 Å². The van der Waals surface area contributed by atoms with E-state index in [1.807, 2.05) is 13.0 Å². The molecule has 2 aromatic rings. The van der Waals surface area contributed by atoms with Crippen molar-refractivity contribution in [1.29, 1.82) is 0 Å². The molecule has 0 bridgehead atoms. The third kappa shape index (κ3) is 3.61. The monoisotopic (exact) mass is 259 g/mol. The molecule has 0 spiro atoms. The average molecular weight is 259 g/mol. The lowest BCUT2D eigenvalue weighted by Crippen LogP contribution is -2.21. The smallest absolute Gasteiger partial charge is 0.253 e. The summed E-state index contributed by atoms with van der Waals surface area (Å²) in [5.41, 5.74) is 0.767. The number of hydrogen-bond donors (Lipinski definition) is 1. The van der Waals surface area contributed by atoms with Crippen molar-refractivity contribution in [3.8, 4) is 0 Å². The first-order valence-electron chi connectivity index (χ1n) is 6.28. The van der Waals surface area contributed by atoms with Crippen LogP contribution in [0.3, 0.4) is 0 Å². The Kier molecular flexibility index (Phi) is 4.22. The van der Waals surface area contributed by atoms with Crippen LogP contribution in [0, 0.1) is 6.92 Å². The van der Waals surface area contributed by atoms with Crippen LogP contribution in [0.5, 0.6) is 0 Å². The van der Waals surface area contributed by atoms with Crippen LogP contribution in [0.2, 0.25) is 0 Å². The van der Waals surface area contributed by atoms with E-state index in [1.54, 1.807) is 0 Å². The molecule has 0 amide bonds. The quantitative estimate of drug-likeness (QED) is 0.873. The Morgan fingerprint density at radius 1 is 1.37 bits per heavy atom. The van der Waals surface area contributed by atoms with Gasteiger partial charge < -0.3 is 5.32 Å². The van der Waals surface area contributed by atoms with Crippen molar-refractivity contribution >= 4 is 5.82 Å². The highest BCUT2D eigenvalue weighted by Crippen LogP contribution is 2.06. The van der Waals surface area contributed by atoms with Crippen LogP contribution >= 0.6 is 0 Å². The van der Waals surface area contributed by atoms with Gasteiger partial charge in [0.25, 0.3) is 5.56 Å². The molecule has 0 aliphatic heterocycles. The van der Waals surface area contributed by atoms with E-state index in [1.165, 1.54) is 23.2 Å². The first-order chi connectivity index (χ1) is 9.19. The van der Waals surface area contributed by atoms with E-state index in [2.05, 4.69) is 27.2 Å². The second-order valence-electron chi connectivity index (χ2n) is 4.28. The second kappa shape index (κ2) is 6.08. The van der Waals surface area contributed by atoms with Gasteiger partial charge in [-0.3, -0.25) is 9.36 Å². The van der Waals surface area contributed by atoms with Gasteiger partial charge in [-0.15, -0.1) is 0 Å². The summed E-state index contributed by atoms with van der Waals surface area (Å²) in [7, 11) is 0. The SMILES string of the molecule is CCCNc1cc(C)nc(Cn2cnccc2=O)n1. The highest BCUT2D eigenvalue weighted by molar-refractivity contribution is 5.35. The molecule has 0 aromatic carbocycles. The molecular weight excluding hydrogens is 242 g/mol. The van der Waals surface area contributed by atoms with Crippen molar-refractivity contribution in [2.45, 2.75) is 26.8 Å². The Morgan fingerprint density at radius 3 is 2.95 bits per heavy atom. The number of rotatable bonds is 5. The summed E-state index contributed by atoms with van der Waals surface area (Å²) in [5, 5.41) is 3.22. The summed E-state index contributed by atoms with van der Waals surface area (Å²) in [6.07, 6.45) is 4.00. The van der Waals surface area contributed by atoms with Crippen LogP contribution < -0.4 is 10.9 Å². The summed E-state index contributed by atoms with van der Waals surface area (Å²) in [4.78, 5) is 24.3. The number of nitrogens with zero attached hydrogens (tertiary/aromatic N) is 4. The number of anilines is 1. The van der Waals surface area contributed by atoms with Crippen molar-refractivity contribution in [1.82, 2.24) is 19.5 Å². The average Bonchev–Trinajstić information content (AvgIpc) is 2.38. The van der Waals surface area contributed by atoms with Gasteiger partial charge in [-0.05, 0) is 13.3 Å². The van der Waals surface area contributed by atoms with E-state index in [0.29, 0.717) is 12.4 Å². The molecule has 100 valence electrons. The van der Waals surface area contributed by atoms with E-state index in [4.69, 9.17) is 0 Å². The van der Waals surface area contributed by atoms with Gasteiger partial charge in [0.05, 0.1) is 12.9 Å². The molecule has 0 radical (unpaired) electrons. The van der Waals surface area contributed by atoms with Gasteiger partial charge in [0.1, 0.15) is 5.82 Å². The maximum Gasteiger partial charge on any atom is 0.253 e. The summed E-state index contributed by atoms with van der Waals surface area (Å²) in [5.74, 6) is 1.40. The Bertz CT molecular complexity index is 608. The summed E-state index contributed by atoms with van der Waals surface area (Å²) < 4.78 is 1.48. The van der Waals surface area contributed by atoms with Gasteiger partial charge in [0, 0.05) is 30.6 Å². The van der Waals surface area contributed by atoms with Gasteiger partial charge in [-0.2, -0.15) is 0 Å². The molecule has 1 N–H and O–H groups in total. The largest absolute Gasteiger partial charge is 0.370 e. The Morgan fingerprint density at radius 2 is 2.21 bits per heavy atom. The van der Waals surface area contributed by atoms with Gasteiger partial charge in [-0.1, -0.05) is 6.92 Å². The van der Waals surface area contributed by atoms with Crippen LogP contribution in [-0.2, 0) is 6.54 Å². The van der Waals surface area contributed by atoms with Gasteiger partial charge in [0.15, 0.2) is 5.82 Å². The second-order valence-corrected chi connectivity index (χ2v) is 4.28. The number of aryl methyl sites for hydroxylation is 1. The van der Waals surface area contributed by atoms with E-state index < -0.39 is 0 Å².